The number of anilines is 1. The van der Waals surface area contributed by atoms with Gasteiger partial charge in [0.2, 0.25) is 0 Å². The second kappa shape index (κ2) is 7.44. The lowest BCUT2D eigenvalue weighted by atomic mass is 10.0. The van der Waals surface area contributed by atoms with Crippen LogP contribution in [-0.4, -0.2) is 30.4 Å². The molecule has 0 radical (unpaired) electrons. The normalized spacial score (nSPS) is 14.2. The number of hydrogen-bond acceptors (Lipinski definition) is 4. The second-order valence-corrected chi connectivity index (χ2v) is 6.28. The van der Waals surface area contributed by atoms with E-state index in [0.717, 1.165) is 28.3 Å². The van der Waals surface area contributed by atoms with Crippen LogP contribution in [-0.2, 0) is 9.59 Å². The number of benzene rings is 2. The monoisotopic (exact) mass is 350 g/mol. The molecule has 26 heavy (non-hydrogen) atoms. The number of carbonyl (C=O) groups is 2. The molecule has 0 saturated heterocycles. The quantitative estimate of drug-likeness (QED) is 0.809. The van der Waals surface area contributed by atoms with Gasteiger partial charge in [-0.1, -0.05) is 36.8 Å². The molecule has 0 aromatic heterocycles. The van der Waals surface area contributed by atoms with Gasteiger partial charge >= 0.3 is 0 Å². The fraction of sp³-hybridized carbons (Fsp3) is 0.238. The van der Waals surface area contributed by atoms with Crippen LogP contribution in [0.2, 0.25) is 0 Å². The summed E-state index contributed by atoms with van der Waals surface area (Å²) in [4.78, 5) is 26.3. The Morgan fingerprint density at radius 1 is 0.962 bits per heavy atom. The first-order chi connectivity index (χ1) is 12.5. The molecule has 0 unspecified atom stereocenters. The van der Waals surface area contributed by atoms with E-state index in [0.29, 0.717) is 23.4 Å². The van der Waals surface area contributed by atoms with Gasteiger partial charge in [-0.3, -0.25) is 14.5 Å². The van der Waals surface area contributed by atoms with Crippen molar-refractivity contribution in [2.45, 2.75) is 20.3 Å². The lowest BCUT2D eigenvalue weighted by molar-refractivity contribution is -0.135. The number of rotatable bonds is 6. The molecule has 0 atom stereocenters. The zero-order valence-corrected chi connectivity index (χ0v) is 15.2. The van der Waals surface area contributed by atoms with Crippen molar-refractivity contribution in [3.63, 3.8) is 0 Å². The number of nitrogens with zero attached hydrogens (tertiary/aromatic N) is 1. The Kier molecular flexibility index (Phi) is 5.07. The van der Waals surface area contributed by atoms with Crippen molar-refractivity contribution in [2.24, 2.45) is 0 Å². The van der Waals surface area contributed by atoms with Crippen molar-refractivity contribution in [1.82, 2.24) is 4.90 Å². The van der Waals surface area contributed by atoms with E-state index in [-0.39, 0.29) is 11.8 Å². The van der Waals surface area contributed by atoms with E-state index >= 15 is 0 Å². The molecule has 2 amide bonds. The molecule has 1 aliphatic heterocycles. The Labute approximate surface area is 153 Å². The van der Waals surface area contributed by atoms with Gasteiger partial charge in [0.1, 0.15) is 11.4 Å². The molecule has 1 aliphatic rings. The topological polar surface area (TPSA) is 58.6 Å². The van der Waals surface area contributed by atoms with Crippen LogP contribution in [0.15, 0.2) is 54.2 Å². The van der Waals surface area contributed by atoms with Crippen LogP contribution in [0.5, 0.6) is 5.75 Å². The zero-order chi connectivity index (χ0) is 18.7. The van der Waals surface area contributed by atoms with E-state index < -0.39 is 0 Å². The van der Waals surface area contributed by atoms with Crippen LogP contribution >= 0.6 is 0 Å². The number of likely N-dealkylation sites (N-methyl/N-ethyl adjacent to an activating group) is 1. The lowest BCUT2D eigenvalue weighted by Crippen LogP contribution is -2.27. The largest absolute Gasteiger partial charge is 0.494 e. The van der Waals surface area contributed by atoms with Crippen molar-refractivity contribution in [3.8, 4) is 5.75 Å². The molecule has 5 nitrogen and oxygen atoms in total. The van der Waals surface area contributed by atoms with E-state index in [2.05, 4.69) is 5.32 Å². The van der Waals surface area contributed by atoms with Crippen LogP contribution in [0, 0.1) is 6.92 Å². The SMILES string of the molecule is CCCOc1ccc(C2=C(Nc3ccc(C)cc3)C(=O)N(C)C2=O)cc1. The summed E-state index contributed by atoms with van der Waals surface area (Å²) in [6.07, 6.45) is 0.926. The first-order valence-electron chi connectivity index (χ1n) is 8.65. The van der Waals surface area contributed by atoms with E-state index in [4.69, 9.17) is 4.74 Å². The maximum atomic E-state index is 12.6. The molecule has 5 heteroatoms. The first kappa shape index (κ1) is 17.7. The van der Waals surface area contributed by atoms with Gasteiger partial charge in [0.05, 0.1) is 12.2 Å². The van der Waals surface area contributed by atoms with Gasteiger partial charge in [-0.2, -0.15) is 0 Å². The smallest absolute Gasteiger partial charge is 0.277 e. The van der Waals surface area contributed by atoms with Gasteiger partial charge in [-0.05, 0) is 43.2 Å². The summed E-state index contributed by atoms with van der Waals surface area (Å²) in [6.45, 7) is 4.68. The molecule has 0 aliphatic carbocycles. The third kappa shape index (κ3) is 3.47. The summed E-state index contributed by atoms with van der Waals surface area (Å²) in [5, 5.41) is 3.11. The van der Waals surface area contributed by atoms with Gasteiger partial charge in [-0.15, -0.1) is 0 Å². The summed E-state index contributed by atoms with van der Waals surface area (Å²) in [5.74, 6) is 0.0955. The minimum Gasteiger partial charge on any atom is -0.494 e. The highest BCUT2D eigenvalue weighted by atomic mass is 16.5. The van der Waals surface area contributed by atoms with Gasteiger partial charge < -0.3 is 10.1 Å². The third-order valence-electron chi connectivity index (χ3n) is 4.22. The van der Waals surface area contributed by atoms with Crippen LogP contribution in [0.25, 0.3) is 5.57 Å². The fourth-order valence-electron chi connectivity index (χ4n) is 2.74. The molecule has 134 valence electrons. The molecular formula is C21H22N2O3. The predicted molar refractivity (Wildman–Crippen MR) is 102 cm³/mol. The number of aryl methyl sites for hydroxylation is 1. The summed E-state index contributed by atoms with van der Waals surface area (Å²) in [7, 11) is 1.49. The molecule has 0 spiro atoms. The van der Waals surface area contributed by atoms with Crippen LogP contribution < -0.4 is 10.1 Å². The van der Waals surface area contributed by atoms with Gasteiger partial charge in [0.25, 0.3) is 11.8 Å². The molecule has 2 aromatic carbocycles. The molecular weight excluding hydrogens is 328 g/mol. The van der Waals surface area contributed by atoms with Crippen molar-refractivity contribution in [1.29, 1.82) is 0 Å². The van der Waals surface area contributed by atoms with Crippen LogP contribution in [0.1, 0.15) is 24.5 Å². The van der Waals surface area contributed by atoms with Crippen molar-refractivity contribution >= 4 is 23.1 Å². The first-order valence-corrected chi connectivity index (χ1v) is 8.65. The summed E-state index contributed by atoms with van der Waals surface area (Å²) < 4.78 is 5.58. The molecule has 0 bridgehead atoms. The van der Waals surface area contributed by atoms with E-state index in [9.17, 15) is 9.59 Å². The Bertz CT molecular complexity index is 852. The zero-order valence-electron chi connectivity index (χ0n) is 15.2. The third-order valence-corrected chi connectivity index (χ3v) is 4.22. The predicted octanol–water partition coefficient (Wildman–Crippen LogP) is 3.61. The van der Waals surface area contributed by atoms with Crippen LogP contribution in [0.4, 0.5) is 5.69 Å². The molecule has 1 N–H and O–H groups in total. The van der Waals surface area contributed by atoms with Crippen LogP contribution in [0.3, 0.4) is 0 Å². The summed E-state index contributed by atoms with van der Waals surface area (Å²) in [6, 6.07) is 14.9. The highest BCUT2D eigenvalue weighted by Crippen LogP contribution is 2.30. The number of amides is 2. The number of imide groups is 1. The molecule has 0 fully saturated rings. The average molecular weight is 350 g/mol. The maximum absolute atomic E-state index is 12.6. The van der Waals surface area contributed by atoms with Gasteiger partial charge in [-0.25, -0.2) is 0 Å². The number of hydrogen-bond donors (Lipinski definition) is 1. The number of ether oxygens (including phenoxy) is 1. The van der Waals surface area contributed by atoms with E-state index in [1.165, 1.54) is 7.05 Å². The Morgan fingerprint density at radius 2 is 1.62 bits per heavy atom. The standard InChI is InChI=1S/C21H22N2O3/c1-4-13-26-17-11-7-15(8-12-17)18-19(21(25)23(3)20(18)24)22-16-9-5-14(2)6-10-16/h5-12,22H,4,13H2,1-3H3. The highest BCUT2D eigenvalue weighted by molar-refractivity contribution is 6.36. The van der Waals surface area contributed by atoms with Crippen molar-refractivity contribution in [3.05, 3.63) is 65.4 Å². The molecule has 2 aromatic rings. The van der Waals surface area contributed by atoms with E-state index in [1.807, 2.05) is 62.4 Å². The number of carbonyl (C=O) groups excluding carboxylic acids is 2. The second-order valence-electron chi connectivity index (χ2n) is 6.28. The van der Waals surface area contributed by atoms with Gasteiger partial charge in [0.15, 0.2) is 0 Å². The molecule has 3 rings (SSSR count). The Morgan fingerprint density at radius 3 is 2.23 bits per heavy atom. The minimum absolute atomic E-state index is 0.295. The van der Waals surface area contributed by atoms with Crippen molar-refractivity contribution < 1.29 is 14.3 Å². The average Bonchev–Trinajstić information content (AvgIpc) is 2.86. The number of nitrogens with one attached hydrogen (secondary N) is 1. The highest BCUT2D eigenvalue weighted by Gasteiger charge is 2.36. The Hall–Kier alpha value is -3.08. The lowest BCUT2D eigenvalue weighted by Gasteiger charge is -2.09. The summed E-state index contributed by atoms with van der Waals surface area (Å²) >= 11 is 0. The van der Waals surface area contributed by atoms with Crippen molar-refractivity contribution in [2.75, 3.05) is 19.0 Å². The van der Waals surface area contributed by atoms with E-state index in [1.54, 1.807) is 0 Å². The van der Waals surface area contributed by atoms with Gasteiger partial charge in [0, 0.05) is 12.7 Å². The molecule has 0 saturated carbocycles. The maximum Gasteiger partial charge on any atom is 0.277 e. The fourth-order valence-corrected chi connectivity index (χ4v) is 2.74. The summed E-state index contributed by atoms with van der Waals surface area (Å²) in [5.41, 5.74) is 3.25. The Balaban J connectivity index is 1.95. The molecule has 1 heterocycles. The minimum atomic E-state index is -0.336.